The third kappa shape index (κ3) is 3.56. The molecule has 1 atom stereocenters. The van der Waals surface area contributed by atoms with Crippen molar-refractivity contribution in [1.82, 2.24) is 14.1 Å². The van der Waals surface area contributed by atoms with Crippen molar-refractivity contribution in [3.8, 4) is 0 Å². The molecule has 0 aliphatic heterocycles. The zero-order valence-corrected chi connectivity index (χ0v) is 19.5. The number of halogens is 1. The van der Waals surface area contributed by atoms with Gasteiger partial charge in [0.15, 0.2) is 0 Å². The van der Waals surface area contributed by atoms with Crippen molar-refractivity contribution in [3.63, 3.8) is 0 Å². The lowest BCUT2D eigenvalue weighted by atomic mass is 9.84. The predicted octanol–water partition coefficient (Wildman–Crippen LogP) is 5.27. The van der Waals surface area contributed by atoms with Crippen molar-refractivity contribution in [2.75, 3.05) is 0 Å². The largest absolute Gasteiger partial charge is 0.366 e. The first kappa shape index (κ1) is 20.7. The molecule has 0 saturated heterocycles. The van der Waals surface area contributed by atoms with E-state index in [4.69, 9.17) is 4.84 Å². The van der Waals surface area contributed by atoms with Crippen LogP contribution in [0.4, 0.5) is 0 Å². The van der Waals surface area contributed by atoms with E-state index in [0.717, 1.165) is 47.4 Å². The Labute approximate surface area is 194 Å². The number of hydrogen-bond donors (Lipinski definition) is 0. The molecule has 0 N–H and O–H groups in total. The third-order valence-corrected chi connectivity index (χ3v) is 6.95. The van der Waals surface area contributed by atoms with E-state index in [-0.39, 0.29) is 5.92 Å². The molecule has 2 aromatic carbocycles. The molecule has 162 valence electrons. The lowest BCUT2D eigenvalue weighted by Gasteiger charge is -2.25. The van der Waals surface area contributed by atoms with E-state index < -0.39 is 5.97 Å². The molecule has 0 fully saturated rings. The van der Waals surface area contributed by atoms with Crippen molar-refractivity contribution in [2.24, 2.45) is 18.1 Å². The summed E-state index contributed by atoms with van der Waals surface area (Å²) in [5.74, 6) is 0.585. The summed E-state index contributed by atoms with van der Waals surface area (Å²) >= 11 is 3.42. The van der Waals surface area contributed by atoms with Crippen molar-refractivity contribution < 1.29 is 9.63 Å². The standard InChI is InChI=1S/C25H23BrN4O2/c1-16-27-13-14-30(16)15-17-11-12-22-23(19-8-4-6-10-21(19)29(22)2)24(17)28-32-25(31)18-7-3-5-9-20(18)26/h3-10,13-14,17H,11-12,15H2,1-2H3. The molecule has 1 aliphatic rings. The van der Waals surface area contributed by atoms with E-state index in [1.54, 1.807) is 6.07 Å². The number of imidazole rings is 1. The number of rotatable bonds is 4. The Morgan fingerprint density at radius 3 is 2.78 bits per heavy atom. The molecule has 32 heavy (non-hydrogen) atoms. The smallest absolute Gasteiger partial charge is 0.347 e. The molecule has 2 aromatic heterocycles. The van der Waals surface area contributed by atoms with E-state index in [0.29, 0.717) is 10.0 Å². The Balaban J connectivity index is 1.58. The number of benzene rings is 2. The van der Waals surface area contributed by atoms with Crippen LogP contribution in [0.15, 0.2) is 70.6 Å². The Bertz CT molecular complexity index is 1350. The molecule has 5 rings (SSSR count). The highest BCUT2D eigenvalue weighted by Gasteiger charge is 2.32. The summed E-state index contributed by atoms with van der Waals surface area (Å²) in [6, 6.07) is 15.5. The van der Waals surface area contributed by atoms with Crippen molar-refractivity contribution in [3.05, 3.63) is 88.0 Å². The van der Waals surface area contributed by atoms with Crippen LogP contribution in [0.1, 0.15) is 33.9 Å². The minimum Gasteiger partial charge on any atom is -0.347 e. The molecular formula is C25H23BrN4O2. The first-order valence-corrected chi connectivity index (χ1v) is 11.4. The zero-order valence-electron chi connectivity index (χ0n) is 18.0. The highest BCUT2D eigenvalue weighted by molar-refractivity contribution is 9.10. The molecule has 1 unspecified atom stereocenters. The van der Waals surface area contributed by atoms with Gasteiger partial charge in [0.2, 0.25) is 0 Å². The lowest BCUT2D eigenvalue weighted by Crippen LogP contribution is -2.28. The van der Waals surface area contributed by atoms with E-state index in [1.165, 1.54) is 5.69 Å². The summed E-state index contributed by atoms with van der Waals surface area (Å²) in [6.45, 7) is 2.73. The summed E-state index contributed by atoms with van der Waals surface area (Å²) < 4.78 is 5.05. The van der Waals surface area contributed by atoms with E-state index in [9.17, 15) is 4.79 Å². The number of carbonyl (C=O) groups is 1. The maximum absolute atomic E-state index is 12.8. The summed E-state index contributed by atoms with van der Waals surface area (Å²) in [7, 11) is 2.09. The molecule has 0 bridgehead atoms. The Morgan fingerprint density at radius 2 is 2.00 bits per heavy atom. The highest BCUT2D eigenvalue weighted by Crippen LogP contribution is 2.35. The number of carbonyl (C=O) groups excluding carboxylic acids is 1. The predicted molar refractivity (Wildman–Crippen MR) is 128 cm³/mol. The second kappa shape index (κ2) is 8.39. The van der Waals surface area contributed by atoms with Gasteiger partial charge in [0.1, 0.15) is 5.82 Å². The van der Waals surface area contributed by atoms with Gasteiger partial charge >= 0.3 is 5.97 Å². The van der Waals surface area contributed by atoms with Gasteiger partial charge in [-0.05, 0) is 53.9 Å². The minimum absolute atomic E-state index is 0.105. The van der Waals surface area contributed by atoms with Crippen LogP contribution in [0.2, 0.25) is 0 Å². The number of aromatic nitrogens is 3. The average Bonchev–Trinajstić information content (AvgIpc) is 3.34. The number of hydrogen-bond acceptors (Lipinski definition) is 4. The first-order valence-electron chi connectivity index (χ1n) is 10.6. The van der Waals surface area contributed by atoms with E-state index >= 15 is 0 Å². The summed E-state index contributed by atoms with van der Waals surface area (Å²) in [5.41, 5.74) is 4.73. The third-order valence-electron chi connectivity index (χ3n) is 6.26. The van der Waals surface area contributed by atoms with Gasteiger partial charge in [-0.3, -0.25) is 0 Å². The van der Waals surface area contributed by atoms with Gasteiger partial charge in [0.05, 0.1) is 11.3 Å². The van der Waals surface area contributed by atoms with Crippen LogP contribution in [0.5, 0.6) is 0 Å². The van der Waals surface area contributed by atoms with Crippen LogP contribution < -0.4 is 0 Å². The molecule has 0 amide bonds. The topological polar surface area (TPSA) is 61.4 Å². The van der Waals surface area contributed by atoms with Crippen LogP contribution in [0, 0.1) is 12.8 Å². The fourth-order valence-corrected chi connectivity index (χ4v) is 5.02. The van der Waals surface area contributed by atoms with Crippen LogP contribution in [-0.2, 0) is 24.9 Å². The molecular weight excluding hydrogens is 468 g/mol. The summed E-state index contributed by atoms with van der Waals surface area (Å²) in [4.78, 5) is 22.7. The fourth-order valence-electron chi connectivity index (χ4n) is 4.57. The minimum atomic E-state index is -0.477. The normalized spacial score (nSPS) is 17.0. The van der Waals surface area contributed by atoms with Crippen molar-refractivity contribution in [1.29, 1.82) is 0 Å². The van der Waals surface area contributed by atoms with Crippen LogP contribution in [-0.4, -0.2) is 25.8 Å². The van der Waals surface area contributed by atoms with Crippen LogP contribution in [0.3, 0.4) is 0 Å². The number of aryl methyl sites for hydroxylation is 2. The fraction of sp³-hybridized carbons (Fsp3) is 0.240. The monoisotopic (exact) mass is 490 g/mol. The highest BCUT2D eigenvalue weighted by atomic mass is 79.9. The number of oxime groups is 1. The van der Waals surface area contributed by atoms with Gasteiger partial charge in [-0.15, -0.1) is 0 Å². The molecule has 0 saturated carbocycles. The SMILES string of the molecule is Cc1nccn1CC1CCc2c(c3ccccc3n2C)C1=NOC(=O)c1ccccc1Br. The molecule has 7 heteroatoms. The maximum atomic E-state index is 12.8. The van der Waals surface area contributed by atoms with Crippen LogP contribution in [0.25, 0.3) is 10.9 Å². The Hall–Kier alpha value is -3.19. The molecule has 1 aliphatic carbocycles. The Kier molecular flexibility index (Phi) is 5.43. The molecule has 2 heterocycles. The maximum Gasteiger partial charge on any atom is 0.366 e. The molecule has 6 nitrogen and oxygen atoms in total. The first-order chi connectivity index (χ1) is 15.5. The summed E-state index contributed by atoms with van der Waals surface area (Å²) in [5, 5.41) is 5.63. The molecule has 0 radical (unpaired) electrons. The van der Waals surface area contributed by atoms with Gasteiger partial charge in [-0.25, -0.2) is 9.78 Å². The van der Waals surface area contributed by atoms with Gasteiger partial charge in [-0.2, -0.15) is 0 Å². The van der Waals surface area contributed by atoms with Gasteiger partial charge in [-0.1, -0.05) is 35.5 Å². The van der Waals surface area contributed by atoms with Crippen molar-refractivity contribution in [2.45, 2.75) is 26.3 Å². The Morgan fingerprint density at radius 1 is 1.22 bits per heavy atom. The second-order valence-electron chi connectivity index (χ2n) is 8.10. The number of nitrogens with zero attached hydrogens (tertiary/aromatic N) is 4. The molecule has 4 aromatic rings. The van der Waals surface area contributed by atoms with Gasteiger partial charge in [0, 0.05) is 58.5 Å². The quantitative estimate of drug-likeness (QED) is 0.289. The van der Waals surface area contributed by atoms with Gasteiger partial charge in [0.25, 0.3) is 0 Å². The van der Waals surface area contributed by atoms with Gasteiger partial charge < -0.3 is 14.0 Å². The number of fused-ring (bicyclic) bond motifs is 3. The second-order valence-corrected chi connectivity index (χ2v) is 8.95. The molecule has 0 spiro atoms. The van der Waals surface area contributed by atoms with Crippen LogP contribution >= 0.6 is 15.9 Å². The zero-order chi connectivity index (χ0) is 22.2. The van der Waals surface area contributed by atoms with E-state index in [1.807, 2.05) is 49.6 Å². The summed E-state index contributed by atoms with van der Waals surface area (Å²) in [6.07, 6.45) is 5.65. The number of para-hydroxylation sites is 1. The average molecular weight is 491 g/mol. The lowest BCUT2D eigenvalue weighted by molar-refractivity contribution is 0.0512. The van der Waals surface area contributed by atoms with Crippen molar-refractivity contribution >= 4 is 38.5 Å². The van der Waals surface area contributed by atoms with E-state index in [2.05, 4.69) is 54.4 Å².